The van der Waals surface area contributed by atoms with Crippen molar-refractivity contribution in [3.63, 3.8) is 0 Å². The van der Waals surface area contributed by atoms with Crippen LogP contribution in [0.4, 0.5) is 0 Å². The van der Waals surface area contributed by atoms with Crippen molar-refractivity contribution < 1.29 is 63.9 Å². The first-order chi connectivity index (χ1) is 37.8. The number of carbonyl (C=O) groups excluding carboxylic acids is 8. The van der Waals surface area contributed by atoms with Crippen molar-refractivity contribution >= 4 is 47.3 Å². The second kappa shape index (κ2) is 24.4. The molecule has 3 aromatic rings. The molecule has 6 saturated heterocycles. The number of nitrogens with two attached hydrogens (primary N) is 4. The Bertz CT molecular complexity index is 2620. The van der Waals surface area contributed by atoms with Crippen molar-refractivity contribution in [3.05, 3.63) is 108 Å². The number of hydrogen-bond donors (Lipinski definition) is 10. The second-order valence-corrected chi connectivity index (χ2v) is 22.1. The largest absolute Gasteiger partial charge is 0.393 e. The molecule has 0 radical (unpaired) electrons. The molecule has 6 fully saturated rings. The Morgan fingerprint density at radius 3 is 1.10 bits per heavy atom. The van der Waals surface area contributed by atoms with Crippen LogP contribution in [0.25, 0.3) is 0 Å². The Hall–Kier alpha value is -6.38. The van der Waals surface area contributed by atoms with Crippen molar-refractivity contribution in [2.75, 3.05) is 19.6 Å². The number of aliphatic hydroxyl groups is 5. The van der Waals surface area contributed by atoms with Crippen molar-refractivity contribution in [2.24, 2.45) is 28.9 Å². The van der Waals surface area contributed by atoms with Crippen LogP contribution in [0.1, 0.15) is 115 Å². The number of amides is 8. The van der Waals surface area contributed by atoms with Gasteiger partial charge in [0.05, 0.1) is 54.6 Å². The molecule has 23 nitrogen and oxygen atoms in total. The van der Waals surface area contributed by atoms with Gasteiger partial charge in [-0.3, -0.25) is 53.1 Å². The number of hydrogen-bond acceptors (Lipinski definition) is 18. The minimum atomic E-state index is -1.26. The van der Waals surface area contributed by atoms with Crippen LogP contribution >= 0.6 is 0 Å². The minimum Gasteiger partial charge on any atom is -0.393 e. The highest BCUT2D eigenvalue weighted by atomic mass is 16.3. The highest BCUT2D eigenvalue weighted by Crippen LogP contribution is 2.55. The zero-order valence-corrected chi connectivity index (χ0v) is 46.1. The summed E-state index contributed by atoms with van der Waals surface area (Å²) in [6.07, 6.45) is -1.57. The number of rotatable bonds is 13. The Balaban J connectivity index is 0.000000175. The van der Waals surface area contributed by atoms with E-state index in [2.05, 4.69) is 5.32 Å². The molecular weight excluding hydrogens is 1030 g/mol. The standard InChI is InChI=1S/C21H29N3O5.C20H28N4O5.C16H21N3O3/c1-12(13(2)25)18(27)23-11-7-10-21(23)17(15-8-5-4-6-9-15)24(20(21)29)19(28)16(22)14(3)26;1-11(25)14(21)17(27)23-10-6-9-20(23)16(13-7-4-3-5-8-13)24(19(20)29)18(28)15(22)12(2)26;1-10(20)12(17)14(21)19-13(11-6-3-2-4-7-11)16(15(19)22)8-5-9-18-16/h4-6,8-9,12-14,16-17,25-26H,7,10-11,22H2,1-3H3;3-5,7-8,11-12,14-16,25-26H,6,9-10,21-22H2,1-2H3;2-4,6-7,10,12-13,18,20H,5,8-9,17H2,1H3. The molecule has 0 saturated carbocycles. The molecule has 6 heterocycles. The number of benzene rings is 3. The third-order valence-electron chi connectivity index (χ3n) is 16.9. The lowest BCUT2D eigenvalue weighted by Crippen LogP contribution is -2.77. The normalized spacial score (nSPS) is 28.7. The lowest BCUT2D eigenvalue weighted by molar-refractivity contribution is -0.188. The molecule has 80 heavy (non-hydrogen) atoms. The number of nitrogens with one attached hydrogen (secondary N) is 1. The minimum absolute atomic E-state index is 0.236. The summed E-state index contributed by atoms with van der Waals surface area (Å²) in [6, 6.07) is 21.0. The summed E-state index contributed by atoms with van der Waals surface area (Å²) in [5, 5.41) is 52.0. The van der Waals surface area contributed by atoms with E-state index >= 15 is 0 Å². The smallest absolute Gasteiger partial charge is 0.258 e. The fourth-order valence-corrected chi connectivity index (χ4v) is 12.1. The van der Waals surface area contributed by atoms with Gasteiger partial charge in [0.2, 0.25) is 29.5 Å². The molecule has 0 aromatic heterocycles. The zero-order valence-electron chi connectivity index (χ0n) is 46.1. The first kappa shape index (κ1) is 61.2. The fourth-order valence-electron chi connectivity index (χ4n) is 12.1. The van der Waals surface area contributed by atoms with E-state index < -0.39 is 125 Å². The summed E-state index contributed by atoms with van der Waals surface area (Å²) >= 11 is 0. The van der Waals surface area contributed by atoms with E-state index in [1.165, 1.54) is 42.4 Å². The van der Waals surface area contributed by atoms with Gasteiger partial charge in [-0.05, 0) is 96.4 Å². The third kappa shape index (κ3) is 10.5. The van der Waals surface area contributed by atoms with Crippen LogP contribution in [-0.4, -0.2) is 188 Å². The summed E-state index contributed by atoms with van der Waals surface area (Å²) < 4.78 is 0. The monoisotopic (exact) mass is 1110 g/mol. The predicted molar refractivity (Wildman–Crippen MR) is 290 cm³/mol. The van der Waals surface area contributed by atoms with E-state index in [4.69, 9.17) is 22.9 Å². The first-order valence-electron chi connectivity index (χ1n) is 27.4. The maximum absolute atomic E-state index is 13.4. The molecule has 3 spiro atoms. The van der Waals surface area contributed by atoms with E-state index in [-0.39, 0.29) is 17.9 Å². The van der Waals surface area contributed by atoms with Crippen LogP contribution in [0, 0.1) is 5.92 Å². The molecule has 0 bridgehead atoms. The molecule has 16 unspecified atom stereocenters. The van der Waals surface area contributed by atoms with Crippen LogP contribution in [0.15, 0.2) is 91.0 Å². The highest BCUT2D eigenvalue weighted by Gasteiger charge is 2.71. The number of carbonyl (C=O) groups is 8. The van der Waals surface area contributed by atoms with Gasteiger partial charge in [0.15, 0.2) is 0 Å². The van der Waals surface area contributed by atoms with Gasteiger partial charge in [0, 0.05) is 13.1 Å². The van der Waals surface area contributed by atoms with E-state index in [1.807, 2.05) is 66.7 Å². The summed E-state index contributed by atoms with van der Waals surface area (Å²) in [5.41, 5.74) is 22.5. The van der Waals surface area contributed by atoms with Crippen molar-refractivity contribution in [2.45, 2.75) is 169 Å². The lowest BCUT2D eigenvalue weighted by Gasteiger charge is -2.57. The number of imide groups is 3. The summed E-state index contributed by atoms with van der Waals surface area (Å²) in [4.78, 5) is 110. The Morgan fingerprint density at radius 2 is 0.775 bits per heavy atom. The van der Waals surface area contributed by atoms with Crippen LogP contribution < -0.4 is 28.3 Å². The van der Waals surface area contributed by atoms with E-state index in [1.54, 1.807) is 38.1 Å². The van der Waals surface area contributed by atoms with Crippen LogP contribution in [0.5, 0.6) is 0 Å². The highest BCUT2D eigenvalue weighted by molar-refractivity contribution is 6.12. The Labute approximate surface area is 465 Å². The van der Waals surface area contributed by atoms with E-state index in [0.29, 0.717) is 50.8 Å². The van der Waals surface area contributed by atoms with E-state index in [0.717, 1.165) is 33.9 Å². The molecule has 23 heteroatoms. The average Bonchev–Trinajstić information content (AvgIpc) is 4.23. The average molecular weight is 1110 g/mol. The van der Waals surface area contributed by atoms with Gasteiger partial charge in [-0.15, -0.1) is 0 Å². The Kier molecular flexibility index (Phi) is 18.7. The van der Waals surface area contributed by atoms with Crippen molar-refractivity contribution in [3.8, 4) is 0 Å². The molecule has 434 valence electrons. The van der Waals surface area contributed by atoms with Crippen LogP contribution in [0.3, 0.4) is 0 Å². The summed E-state index contributed by atoms with van der Waals surface area (Å²) in [5.74, 6) is -4.62. The van der Waals surface area contributed by atoms with Crippen molar-refractivity contribution in [1.82, 2.24) is 29.8 Å². The van der Waals surface area contributed by atoms with Crippen LogP contribution in [-0.2, 0) is 38.4 Å². The van der Waals surface area contributed by atoms with E-state index in [9.17, 15) is 63.9 Å². The van der Waals surface area contributed by atoms with Gasteiger partial charge in [-0.2, -0.15) is 0 Å². The molecule has 6 aliphatic heterocycles. The van der Waals surface area contributed by atoms with Gasteiger partial charge >= 0.3 is 0 Å². The topological polar surface area (TPSA) is 370 Å². The van der Waals surface area contributed by atoms with Gasteiger partial charge in [-0.1, -0.05) is 97.9 Å². The predicted octanol–water partition coefficient (Wildman–Crippen LogP) is -1.02. The molecule has 16 atom stereocenters. The molecule has 14 N–H and O–H groups in total. The molecule has 9 rings (SSSR count). The fraction of sp³-hybridized carbons (Fsp3) is 0.544. The van der Waals surface area contributed by atoms with Gasteiger partial charge in [0.25, 0.3) is 17.7 Å². The third-order valence-corrected chi connectivity index (χ3v) is 16.9. The first-order valence-corrected chi connectivity index (χ1v) is 27.4. The maximum Gasteiger partial charge on any atom is 0.258 e. The number of aliphatic hydroxyl groups excluding tert-OH is 5. The number of β-lactam (4-membered cyclic amide) rings is 3. The quantitative estimate of drug-likeness (QED) is 0.0916. The van der Waals surface area contributed by atoms with Gasteiger partial charge in [0.1, 0.15) is 40.8 Å². The van der Waals surface area contributed by atoms with Crippen molar-refractivity contribution in [1.29, 1.82) is 0 Å². The lowest BCUT2D eigenvalue weighted by atomic mass is 9.72. The summed E-state index contributed by atoms with van der Waals surface area (Å²) in [7, 11) is 0. The molecular formula is C57H78N10O13. The molecule has 8 amide bonds. The number of nitrogens with zero attached hydrogens (tertiary/aromatic N) is 5. The number of likely N-dealkylation sites (tertiary alicyclic amines) is 5. The summed E-state index contributed by atoms with van der Waals surface area (Å²) in [6.45, 7) is 10.3. The molecule has 0 aliphatic carbocycles. The Morgan fingerprint density at radius 1 is 0.450 bits per heavy atom. The van der Waals surface area contributed by atoms with Gasteiger partial charge in [-0.25, -0.2) is 0 Å². The second-order valence-electron chi connectivity index (χ2n) is 22.1. The van der Waals surface area contributed by atoms with Gasteiger partial charge < -0.3 is 63.6 Å². The molecule has 6 aliphatic rings. The van der Waals surface area contributed by atoms with Crippen LogP contribution in [0.2, 0.25) is 0 Å². The SMILES string of the molecule is CC(O)C(C)C(=O)N1CCCC12C(=O)N(C(=O)C(N)C(C)O)C2c1ccccc1.CC(O)C(N)C(=O)N1C(=O)C2(CCCN2)C1c1ccccc1.CC(O)C(N)C(=O)N1C(=O)C2(CCCN2C(=O)C(N)C(C)O)C1c1ccccc1. The zero-order chi connectivity index (χ0) is 58.9. The maximum atomic E-state index is 13.4. The molecule has 3 aromatic carbocycles.